The normalized spacial score (nSPS) is 11.0. The Bertz CT molecular complexity index is 890. The van der Waals surface area contributed by atoms with E-state index in [0.29, 0.717) is 5.88 Å². The minimum absolute atomic E-state index is 0.153. The highest BCUT2D eigenvalue weighted by atomic mass is 16.5. The highest BCUT2D eigenvalue weighted by Crippen LogP contribution is 2.30. The summed E-state index contributed by atoms with van der Waals surface area (Å²) in [5.74, 6) is 2.28. The Balaban J connectivity index is 1.84. The van der Waals surface area contributed by atoms with Crippen molar-refractivity contribution in [1.82, 2.24) is 4.98 Å². The topological polar surface area (TPSA) is 43.4 Å². The lowest BCUT2D eigenvalue weighted by atomic mass is 10.1. The molecule has 3 aromatic rings. The third-order valence-corrected chi connectivity index (χ3v) is 4.04. The van der Waals surface area contributed by atoms with Crippen LogP contribution in [0.3, 0.4) is 0 Å². The van der Waals surface area contributed by atoms with E-state index >= 15 is 0 Å². The van der Waals surface area contributed by atoms with Gasteiger partial charge in [-0.1, -0.05) is 6.92 Å². The molecule has 0 saturated carbocycles. The van der Waals surface area contributed by atoms with Gasteiger partial charge in [-0.05, 0) is 75.2 Å². The molecule has 1 heterocycles. The SMILES string of the molecule is CCNc1ccc2nc(Oc3ccc(OC(C)C)cc3CC)ccc2c1. The van der Waals surface area contributed by atoms with Crippen molar-refractivity contribution in [2.24, 2.45) is 0 Å². The van der Waals surface area contributed by atoms with Gasteiger partial charge in [-0.2, -0.15) is 0 Å². The average molecular weight is 350 g/mol. The smallest absolute Gasteiger partial charge is 0.219 e. The Morgan fingerprint density at radius 3 is 2.58 bits per heavy atom. The van der Waals surface area contributed by atoms with E-state index in [1.807, 2.05) is 56.3 Å². The lowest BCUT2D eigenvalue weighted by molar-refractivity contribution is 0.242. The summed E-state index contributed by atoms with van der Waals surface area (Å²) in [6.07, 6.45) is 1.02. The van der Waals surface area contributed by atoms with Crippen LogP contribution in [0.25, 0.3) is 10.9 Å². The van der Waals surface area contributed by atoms with E-state index in [-0.39, 0.29) is 6.10 Å². The number of nitrogens with zero attached hydrogens (tertiary/aromatic N) is 1. The standard InChI is InChI=1S/C22H26N2O2/c1-5-16-14-19(25-15(3)4)9-11-21(16)26-22-12-7-17-13-18(23-6-2)8-10-20(17)24-22/h7-15,23H,5-6H2,1-4H3. The summed E-state index contributed by atoms with van der Waals surface area (Å²) in [6.45, 7) is 9.14. The molecule has 136 valence electrons. The molecule has 4 nitrogen and oxygen atoms in total. The predicted octanol–water partition coefficient (Wildman–Crippen LogP) is 5.81. The van der Waals surface area contributed by atoms with Gasteiger partial charge in [0.2, 0.25) is 5.88 Å². The first-order valence-corrected chi connectivity index (χ1v) is 9.21. The summed E-state index contributed by atoms with van der Waals surface area (Å²) in [7, 11) is 0. The Morgan fingerprint density at radius 2 is 1.85 bits per heavy atom. The summed E-state index contributed by atoms with van der Waals surface area (Å²) < 4.78 is 11.8. The Hall–Kier alpha value is -2.75. The molecule has 0 atom stereocenters. The monoisotopic (exact) mass is 350 g/mol. The van der Waals surface area contributed by atoms with Crippen LogP contribution >= 0.6 is 0 Å². The van der Waals surface area contributed by atoms with Crippen LogP contribution in [-0.4, -0.2) is 17.6 Å². The predicted molar refractivity (Wildman–Crippen MR) is 108 cm³/mol. The molecule has 3 rings (SSSR count). The molecule has 0 spiro atoms. The molecular weight excluding hydrogens is 324 g/mol. The van der Waals surface area contributed by atoms with E-state index in [1.165, 1.54) is 0 Å². The second-order valence-electron chi connectivity index (χ2n) is 6.48. The van der Waals surface area contributed by atoms with Crippen LogP contribution in [0, 0.1) is 0 Å². The van der Waals surface area contributed by atoms with Crippen molar-refractivity contribution in [2.45, 2.75) is 40.2 Å². The number of anilines is 1. The molecule has 0 aliphatic rings. The average Bonchev–Trinajstić information content (AvgIpc) is 2.63. The molecular formula is C22H26N2O2. The number of pyridine rings is 1. The van der Waals surface area contributed by atoms with Crippen molar-refractivity contribution < 1.29 is 9.47 Å². The zero-order valence-corrected chi connectivity index (χ0v) is 15.9. The number of benzene rings is 2. The third-order valence-electron chi connectivity index (χ3n) is 4.04. The largest absolute Gasteiger partial charge is 0.491 e. The van der Waals surface area contributed by atoms with Gasteiger partial charge in [0.15, 0.2) is 0 Å². The van der Waals surface area contributed by atoms with Crippen molar-refractivity contribution in [3.8, 4) is 17.4 Å². The number of fused-ring (bicyclic) bond motifs is 1. The van der Waals surface area contributed by atoms with E-state index in [1.54, 1.807) is 0 Å². The number of aromatic nitrogens is 1. The maximum Gasteiger partial charge on any atom is 0.219 e. The van der Waals surface area contributed by atoms with E-state index in [4.69, 9.17) is 9.47 Å². The summed E-state index contributed by atoms with van der Waals surface area (Å²) >= 11 is 0. The third kappa shape index (κ3) is 4.26. The van der Waals surface area contributed by atoms with Gasteiger partial charge in [0.05, 0.1) is 11.6 Å². The molecule has 2 aromatic carbocycles. The second-order valence-corrected chi connectivity index (χ2v) is 6.48. The maximum atomic E-state index is 6.06. The van der Waals surface area contributed by atoms with Crippen LogP contribution in [0.4, 0.5) is 5.69 Å². The molecule has 0 aliphatic carbocycles. The lowest BCUT2D eigenvalue weighted by Gasteiger charge is -2.14. The summed E-state index contributed by atoms with van der Waals surface area (Å²) in [6, 6.07) is 16.0. The maximum absolute atomic E-state index is 6.06. The molecule has 0 unspecified atom stereocenters. The molecule has 0 fully saturated rings. The van der Waals surface area contributed by atoms with Crippen LogP contribution in [0.5, 0.6) is 17.4 Å². The minimum Gasteiger partial charge on any atom is -0.491 e. The molecule has 1 aromatic heterocycles. The first kappa shape index (κ1) is 18.1. The number of aryl methyl sites for hydroxylation is 1. The summed E-state index contributed by atoms with van der Waals surface area (Å²) in [5.41, 5.74) is 3.12. The van der Waals surface area contributed by atoms with Crippen molar-refractivity contribution in [1.29, 1.82) is 0 Å². The fraction of sp³-hybridized carbons (Fsp3) is 0.318. The zero-order chi connectivity index (χ0) is 18.5. The fourth-order valence-electron chi connectivity index (χ4n) is 2.87. The van der Waals surface area contributed by atoms with Gasteiger partial charge in [-0.25, -0.2) is 4.98 Å². The second kappa shape index (κ2) is 8.09. The summed E-state index contributed by atoms with van der Waals surface area (Å²) in [5, 5.41) is 4.41. The van der Waals surface area contributed by atoms with Crippen molar-refractivity contribution >= 4 is 16.6 Å². The quantitative estimate of drug-likeness (QED) is 0.584. The van der Waals surface area contributed by atoms with E-state index in [0.717, 1.165) is 46.6 Å². The van der Waals surface area contributed by atoms with E-state index in [2.05, 4.69) is 30.2 Å². The van der Waals surface area contributed by atoms with Crippen molar-refractivity contribution in [2.75, 3.05) is 11.9 Å². The molecule has 0 bridgehead atoms. The van der Waals surface area contributed by atoms with Crippen LogP contribution in [-0.2, 0) is 6.42 Å². The van der Waals surface area contributed by atoms with Gasteiger partial charge in [-0.3, -0.25) is 0 Å². The number of rotatable bonds is 7. The minimum atomic E-state index is 0.153. The number of hydrogen-bond acceptors (Lipinski definition) is 4. The number of hydrogen-bond donors (Lipinski definition) is 1. The molecule has 26 heavy (non-hydrogen) atoms. The van der Waals surface area contributed by atoms with Crippen LogP contribution < -0.4 is 14.8 Å². The Morgan fingerprint density at radius 1 is 1.00 bits per heavy atom. The number of nitrogens with one attached hydrogen (secondary N) is 1. The molecule has 0 radical (unpaired) electrons. The highest BCUT2D eigenvalue weighted by Gasteiger charge is 2.08. The van der Waals surface area contributed by atoms with E-state index < -0.39 is 0 Å². The van der Waals surface area contributed by atoms with Gasteiger partial charge < -0.3 is 14.8 Å². The highest BCUT2D eigenvalue weighted by molar-refractivity contribution is 5.82. The molecule has 0 aliphatic heterocycles. The fourth-order valence-corrected chi connectivity index (χ4v) is 2.87. The van der Waals surface area contributed by atoms with Crippen LogP contribution in [0.15, 0.2) is 48.5 Å². The first-order chi connectivity index (χ1) is 12.6. The van der Waals surface area contributed by atoms with Crippen LogP contribution in [0.2, 0.25) is 0 Å². The van der Waals surface area contributed by atoms with Gasteiger partial charge >= 0.3 is 0 Å². The van der Waals surface area contributed by atoms with Gasteiger partial charge in [-0.15, -0.1) is 0 Å². The van der Waals surface area contributed by atoms with Gasteiger partial charge in [0.1, 0.15) is 11.5 Å². The molecule has 0 saturated heterocycles. The number of ether oxygens (including phenoxy) is 2. The molecule has 4 heteroatoms. The first-order valence-electron chi connectivity index (χ1n) is 9.21. The lowest BCUT2D eigenvalue weighted by Crippen LogP contribution is -2.06. The molecule has 1 N–H and O–H groups in total. The summed E-state index contributed by atoms with van der Waals surface area (Å²) in [4.78, 5) is 4.64. The van der Waals surface area contributed by atoms with Crippen molar-refractivity contribution in [3.05, 3.63) is 54.1 Å². The molecule has 0 amide bonds. The van der Waals surface area contributed by atoms with Crippen LogP contribution in [0.1, 0.15) is 33.3 Å². The van der Waals surface area contributed by atoms with E-state index in [9.17, 15) is 0 Å². The van der Waals surface area contributed by atoms with Gasteiger partial charge in [0, 0.05) is 23.7 Å². The van der Waals surface area contributed by atoms with Gasteiger partial charge in [0.25, 0.3) is 0 Å². The Labute approximate surface area is 155 Å². The zero-order valence-electron chi connectivity index (χ0n) is 15.9. The Kier molecular flexibility index (Phi) is 5.61. The van der Waals surface area contributed by atoms with Crippen molar-refractivity contribution in [3.63, 3.8) is 0 Å².